The summed E-state index contributed by atoms with van der Waals surface area (Å²) >= 11 is 0. The van der Waals surface area contributed by atoms with Crippen molar-refractivity contribution in [3.63, 3.8) is 0 Å². The summed E-state index contributed by atoms with van der Waals surface area (Å²) in [7, 11) is 0. The summed E-state index contributed by atoms with van der Waals surface area (Å²) < 4.78 is 7.51. The van der Waals surface area contributed by atoms with Crippen molar-refractivity contribution in [1.29, 1.82) is 0 Å². The van der Waals surface area contributed by atoms with Crippen molar-refractivity contribution >= 4 is 5.97 Å². The zero-order valence-electron chi connectivity index (χ0n) is 12.8. The van der Waals surface area contributed by atoms with Gasteiger partial charge >= 0.3 is 11.7 Å². The van der Waals surface area contributed by atoms with Crippen LogP contribution < -0.4 is 11.2 Å². The minimum Gasteiger partial charge on any atom is -0.480 e. The van der Waals surface area contributed by atoms with Crippen molar-refractivity contribution in [1.82, 2.24) is 24.5 Å². The molecule has 0 bridgehead atoms. The minimum absolute atomic E-state index is 0.0122. The number of aromatic nitrogens is 5. The van der Waals surface area contributed by atoms with E-state index in [1.807, 2.05) is 0 Å². The summed E-state index contributed by atoms with van der Waals surface area (Å²) in [5, 5.41) is 35.0. The van der Waals surface area contributed by atoms with Crippen LogP contribution in [0.25, 0.3) is 11.3 Å². The second-order valence-electron chi connectivity index (χ2n) is 5.52. The number of aliphatic carboxylic acids is 1. The molecule has 0 aromatic carbocycles. The summed E-state index contributed by atoms with van der Waals surface area (Å²) in [5.74, 6) is -1.13. The predicted octanol–water partition coefficient (Wildman–Crippen LogP) is -2.48. The fraction of sp³-hybridized carbons (Fsp3) is 0.462. The third-order valence-electron chi connectivity index (χ3n) is 3.77. The van der Waals surface area contributed by atoms with Crippen LogP contribution in [0, 0.1) is 0 Å². The normalized spacial score (nSPS) is 23.0. The first-order valence-corrected chi connectivity index (χ1v) is 7.31. The van der Waals surface area contributed by atoms with E-state index in [4.69, 9.17) is 14.9 Å². The molecule has 0 saturated carbocycles. The smallest absolute Gasteiger partial charge is 0.330 e. The molecule has 3 heterocycles. The highest BCUT2D eigenvalue weighted by Gasteiger charge is 2.35. The van der Waals surface area contributed by atoms with E-state index in [9.17, 15) is 19.5 Å². The summed E-state index contributed by atoms with van der Waals surface area (Å²) in [6.45, 7) is -0.840. The number of nitrogens with zero attached hydrogens (tertiary/aromatic N) is 4. The summed E-state index contributed by atoms with van der Waals surface area (Å²) in [6.07, 6.45) is -0.133. The second-order valence-corrected chi connectivity index (χ2v) is 5.52. The number of rotatable bonds is 5. The molecule has 0 amide bonds. The van der Waals surface area contributed by atoms with E-state index in [-0.39, 0.29) is 17.7 Å². The Morgan fingerprint density at radius 2 is 2.16 bits per heavy atom. The molecule has 12 nitrogen and oxygen atoms in total. The van der Waals surface area contributed by atoms with Gasteiger partial charge in [0, 0.05) is 12.6 Å². The molecule has 0 radical (unpaired) electrons. The van der Waals surface area contributed by atoms with E-state index >= 15 is 0 Å². The van der Waals surface area contributed by atoms with Gasteiger partial charge in [-0.25, -0.2) is 9.48 Å². The fourth-order valence-electron chi connectivity index (χ4n) is 2.57. The van der Waals surface area contributed by atoms with E-state index in [1.165, 1.54) is 12.4 Å². The van der Waals surface area contributed by atoms with Crippen LogP contribution in [-0.2, 0) is 16.1 Å². The van der Waals surface area contributed by atoms with E-state index in [2.05, 4.69) is 15.3 Å². The van der Waals surface area contributed by atoms with Gasteiger partial charge in [0.2, 0.25) is 0 Å². The lowest BCUT2D eigenvalue weighted by molar-refractivity contribution is -0.137. The number of hydrogen-bond acceptors (Lipinski definition) is 8. The lowest BCUT2D eigenvalue weighted by Crippen LogP contribution is -2.33. The zero-order valence-corrected chi connectivity index (χ0v) is 12.8. The maximum absolute atomic E-state index is 12.0. The Morgan fingerprint density at radius 1 is 1.40 bits per heavy atom. The number of nitrogens with one attached hydrogen (secondary N) is 1. The number of aliphatic hydroxyl groups is 2. The molecule has 0 spiro atoms. The molecule has 2 aromatic rings. The van der Waals surface area contributed by atoms with Gasteiger partial charge in [-0.15, -0.1) is 5.10 Å². The highest BCUT2D eigenvalue weighted by atomic mass is 16.5. The van der Waals surface area contributed by atoms with Gasteiger partial charge in [-0.1, -0.05) is 5.21 Å². The molecule has 1 aliphatic heterocycles. The Bertz CT molecular complexity index is 901. The van der Waals surface area contributed by atoms with Crippen LogP contribution in [0.1, 0.15) is 12.6 Å². The summed E-state index contributed by atoms with van der Waals surface area (Å²) in [5.41, 5.74) is -1.40. The molecule has 1 fully saturated rings. The Labute approximate surface area is 138 Å². The summed E-state index contributed by atoms with van der Waals surface area (Å²) in [4.78, 5) is 36.9. The minimum atomic E-state index is -1.13. The largest absolute Gasteiger partial charge is 0.480 e. The molecule has 4 N–H and O–H groups in total. The average molecular weight is 353 g/mol. The number of carbonyl (C=O) groups is 1. The van der Waals surface area contributed by atoms with Gasteiger partial charge in [-0.3, -0.25) is 19.1 Å². The number of hydrogen-bond donors (Lipinski definition) is 4. The Balaban J connectivity index is 1.96. The van der Waals surface area contributed by atoms with Gasteiger partial charge in [0.25, 0.3) is 5.56 Å². The van der Waals surface area contributed by atoms with Gasteiger partial charge in [-0.2, -0.15) is 0 Å². The van der Waals surface area contributed by atoms with E-state index < -0.39 is 48.8 Å². The lowest BCUT2D eigenvalue weighted by atomic mass is 10.2. The number of aromatic amines is 1. The van der Waals surface area contributed by atoms with Gasteiger partial charge in [0.1, 0.15) is 24.6 Å². The highest BCUT2D eigenvalue weighted by molar-refractivity contribution is 5.66. The van der Waals surface area contributed by atoms with E-state index in [1.54, 1.807) is 0 Å². The molecule has 1 unspecified atom stereocenters. The Hall–Kier alpha value is -2.83. The first kappa shape index (κ1) is 17.0. The van der Waals surface area contributed by atoms with Crippen molar-refractivity contribution in [2.45, 2.75) is 31.4 Å². The Morgan fingerprint density at radius 3 is 2.80 bits per heavy atom. The number of carboxylic acids is 1. The molecule has 1 aliphatic rings. The van der Waals surface area contributed by atoms with Gasteiger partial charge in [-0.05, 0) is 0 Å². The van der Waals surface area contributed by atoms with Crippen LogP contribution in [0.15, 0.2) is 22.0 Å². The van der Waals surface area contributed by atoms with Gasteiger partial charge in [0.05, 0.1) is 24.5 Å². The molecule has 25 heavy (non-hydrogen) atoms. The van der Waals surface area contributed by atoms with Crippen LogP contribution in [0.3, 0.4) is 0 Å². The van der Waals surface area contributed by atoms with Crippen molar-refractivity contribution in [2.75, 3.05) is 6.61 Å². The highest BCUT2D eigenvalue weighted by Crippen LogP contribution is 2.27. The topological polar surface area (TPSA) is 173 Å². The summed E-state index contributed by atoms with van der Waals surface area (Å²) in [6, 6.07) is 0. The molecule has 3 rings (SSSR count). The van der Waals surface area contributed by atoms with Crippen molar-refractivity contribution in [3.05, 3.63) is 33.2 Å². The fourth-order valence-corrected chi connectivity index (χ4v) is 2.57. The zero-order chi connectivity index (χ0) is 18.1. The van der Waals surface area contributed by atoms with Gasteiger partial charge < -0.3 is 20.1 Å². The molecule has 1 saturated heterocycles. The number of ether oxygens (including phenoxy) is 1. The van der Waals surface area contributed by atoms with E-state index in [0.29, 0.717) is 0 Å². The first-order chi connectivity index (χ1) is 11.9. The molecular weight excluding hydrogens is 338 g/mol. The first-order valence-electron chi connectivity index (χ1n) is 7.31. The van der Waals surface area contributed by atoms with Crippen LogP contribution in [-0.4, -0.2) is 64.6 Å². The monoisotopic (exact) mass is 353 g/mol. The molecule has 12 heteroatoms. The van der Waals surface area contributed by atoms with E-state index in [0.717, 1.165) is 9.25 Å². The number of aliphatic hydroxyl groups excluding tert-OH is 2. The standard InChI is InChI=1S/C13H15N5O7/c19-5-9-8(20)1-10(25-9)18-2-6(12(23)14-13(18)24)7-3-17(16-15-7)4-11(21)22/h2-3,8-10,19-20H,1,4-5H2,(H,21,22)(H,14,23,24)/t8?,9-,10-/m1/s1. The Kier molecular flexibility index (Phi) is 4.48. The SMILES string of the molecule is O=C(O)Cn1cc(-c2cn([C@H]3CC(O)[C@@H](CO)O3)c(=O)[nH]c2=O)nn1. The number of carboxylic acid groups (broad SMARTS) is 1. The quantitative estimate of drug-likeness (QED) is 0.454. The maximum Gasteiger partial charge on any atom is 0.330 e. The van der Waals surface area contributed by atoms with Crippen molar-refractivity contribution < 1.29 is 24.9 Å². The third kappa shape index (κ3) is 3.35. The van der Waals surface area contributed by atoms with Crippen molar-refractivity contribution in [3.8, 4) is 11.3 Å². The third-order valence-corrected chi connectivity index (χ3v) is 3.77. The van der Waals surface area contributed by atoms with Gasteiger partial charge in [0.15, 0.2) is 0 Å². The maximum atomic E-state index is 12.0. The van der Waals surface area contributed by atoms with Crippen LogP contribution in [0.2, 0.25) is 0 Å². The lowest BCUT2D eigenvalue weighted by Gasteiger charge is -2.14. The molecular formula is C13H15N5O7. The average Bonchev–Trinajstić information content (AvgIpc) is 3.13. The number of H-pyrrole nitrogens is 1. The van der Waals surface area contributed by atoms with Crippen LogP contribution >= 0.6 is 0 Å². The molecule has 134 valence electrons. The van der Waals surface area contributed by atoms with Crippen LogP contribution in [0.4, 0.5) is 0 Å². The molecule has 2 aromatic heterocycles. The second kappa shape index (κ2) is 6.58. The molecule has 3 atom stereocenters. The van der Waals surface area contributed by atoms with Crippen LogP contribution in [0.5, 0.6) is 0 Å². The van der Waals surface area contributed by atoms with Crippen molar-refractivity contribution in [2.24, 2.45) is 0 Å². The molecule has 0 aliphatic carbocycles. The predicted molar refractivity (Wildman–Crippen MR) is 79.6 cm³/mol.